The standard InChI is InChI=1S/C9H6BrClF2O/c1-4(14)6-2-5(11)3-7(8(6)10)9(12)13/h2-3,9H,1H3. The van der Waals surface area contributed by atoms with Crippen LogP contribution in [0.3, 0.4) is 0 Å². The Morgan fingerprint density at radius 2 is 2.07 bits per heavy atom. The van der Waals surface area contributed by atoms with Crippen molar-refractivity contribution in [2.75, 3.05) is 0 Å². The van der Waals surface area contributed by atoms with Gasteiger partial charge in [-0.15, -0.1) is 0 Å². The van der Waals surface area contributed by atoms with E-state index in [1.165, 1.54) is 13.0 Å². The molecule has 0 heterocycles. The number of hydrogen-bond donors (Lipinski definition) is 0. The van der Waals surface area contributed by atoms with Crippen molar-refractivity contribution in [1.29, 1.82) is 0 Å². The van der Waals surface area contributed by atoms with Crippen molar-refractivity contribution in [2.45, 2.75) is 13.3 Å². The van der Waals surface area contributed by atoms with E-state index >= 15 is 0 Å². The number of benzene rings is 1. The van der Waals surface area contributed by atoms with Crippen molar-refractivity contribution in [3.8, 4) is 0 Å². The van der Waals surface area contributed by atoms with Gasteiger partial charge in [0.2, 0.25) is 0 Å². The molecule has 1 rings (SSSR count). The predicted octanol–water partition coefficient (Wildman–Crippen LogP) is 4.24. The summed E-state index contributed by atoms with van der Waals surface area (Å²) in [6.07, 6.45) is -2.65. The Labute approximate surface area is 93.2 Å². The highest BCUT2D eigenvalue weighted by Gasteiger charge is 2.17. The fourth-order valence-electron chi connectivity index (χ4n) is 1.03. The minimum absolute atomic E-state index is 0.115. The zero-order valence-electron chi connectivity index (χ0n) is 7.15. The second kappa shape index (κ2) is 4.36. The molecule has 0 fully saturated rings. The minimum atomic E-state index is -2.65. The Morgan fingerprint density at radius 3 is 2.50 bits per heavy atom. The van der Waals surface area contributed by atoms with E-state index in [4.69, 9.17) is 11.6 Å². The average Bonchev–Trinajstić information content (AvgIpc) is 2.07. The van der Waals surface area contributed by atoms with Gasteiger partial charge in [0, 0.05) is 20.6 Å². The highest BCUT2D eigenvalue weighted by atomic mass is 79.9. The largest absolute Gasteiger partial charge is 0.294 e. The number of alkyl halides is 2. The lowest BCUT2D eigenvalue weighted by atomic mass is 10.1. The number of rotatable bonds is 2. The van der Waals surface area contributed by atoms with E-state index in [0.29, 0.717) is 0 Å². The van der Waals surface area contributed by atoms with Crippen molar-refractivity contribution < 1.29 is 13.6 Å². The maximum absolute atomic E-state index is 12.5. The predicted molar refractivity (Wildman–Crippen MR) is 54.1 cm³/mol. The molecule has 0 aromatic heterocycles. The Bertz CT molecular complexity index is 379. The molecule has 0 saturated carbocycles. The van der Waals surface area contributed by atoms with E-state index in [9.17, 15) is 13.6 Å². The van der Waals surface area contributed by atoms with E-state index in [1.54, 1.807) is 0 Å². The first-order valence-corrected chi connectivity index (χ1v) is 4.88. The lowest BCUT2D eigenvalue weighted by Crippen LogP contribution is -1.98. The number of hydrogen-bond acceptors (Lipinski definition) is 1. The van der Waals surface area contributed by atoms with E-state index in [1.807, 2.05) is 0 Å². The highest BCUT2D eigenvalue weighted by molar-refractivity contribution is 9.10. The molecule has 1 aromatic carbocycles. The molecule has 0 atom stereocenters. The monoisotopic (exact) mass is 282 g/mol. The fraction of sp³-hybridized carbons (Fsp3) is 0.222. The Morgan fingerprint density at radius 1 is 1.50 bits per heavy atom. The van der Waals surface area contributed by atoms with Crippen molar-refractivity contribution in [3.63, 3.8) is 0 Å². The van der Waals surface area contributed by atoms with Crippen LogP contribution < -0.4 is 0 Å². The summed E-state index contributed by atoms with van der Waals surface area (Å²) >= 11 is 8.56. The molecule has 0 amide bonds. The number of ketones is 1. The van der Waals surface area contributed by atoms with E-state index in [2.05, 4.69) is 15.9 Å². The van der Waals surface area contributed by atoms with E-state index < -0.39 is 6.43 Å². The zero-order chi connectivity index (χ0) is 10.9. The first-order chi connectivity index (χ1) is 6.43. The number of Topliss-reactive ketones (excluding diaryl/α,β-unsaturated/α-hetero) is 1. The van der Waals surface area contributed by atoms with Crippen LogP contribution in [-0.4, -0.2) is 5.78 Å². The second-order valence-electron chi connectivity index (χ2n) is 2.71. The third kappa shape index (κ3) is 2.30. The molecule has 0 aliphatic heterocycles. The topological polar surface area (TPSA) is 17.1 Å². The molecule has 5 heteroatoms. The Hall–Kier alpha value is -0.480. The maximum Gasteiger partial charge on any atom is 0.265 e. The summed E-state index contributed by atoms with van der Waals surface area (Å²) in [7, 11) is 0. The molecule has 0 bridgehead atoms. The van der Waals surface area contributed by atoms with Crippen molar-refractivity contribution in [2.24, 2.45) is 0 Å². The van der Waals surface area contributed by atoms with Gasteiger partial charge in [-0.3, -0.25) is 4.79 Å². The smallest absolute Gasteiger partial charge is 0.265 e. The average molecular weight is 283 g/mol. The van der Waals surface area contributed by atoms with Crippen LogP contribution >= 0.6 is 27.5 Å². The van der Waals surface area contributed by atoms with Crippen molar-refractivity contribution in [1.82, 2.24) is 0 Å². The molecule has 76 valence electrons. The summed E-state index contributed by atoms with van der Waals surface area (Å²) in [5.74, 6) is -0.304. The van der Waals surface area contributed by atoms with Crippen LogP contribution in [0.25, 0.3) is 0 Å². The van der Waals surface area contributed by atoms with Gasteiger partial charge in [0.05, 0.1) is 0 Å². The van der Waals surface area contributed by atoms with Crippen LogP contribution in [0.1, 0.15) is 29.3 Å². The summed E-state index contributed by atoms with van der Waals surface area (Å²) in [4.78, 5) is 11.1. The van der Waals surface area contributed by atoms with Gasteiger partial charge in [-0.1, -0.05) is 11.6 Å². The summed E-state index contributed by atoms with van der Waals surface area (Å²) in [5.41, 5.74) is -0.0875. The van der Waals surface area contributed by atoms with Crippen LogP contribution in [-0.2, 0) is 0 Å². The summed E-state index contributed by atoms with van der Waals surface area (Å²) in [6, 6.07) is 2.50. The first-order valence-electron chi connectivity index (χ1n) is 3.71. The van der Waals surface area contributed by atoms with E-state index in [0.717, 1.165) is 6.07 Å². The van der Waals surface area contributed by atoms with Gasteiger partial charge >= 0.3 is 0 Å². The first kappa shape index (κ1) is 11.6. The van der Waals surface area contributed by atoms with Crippen molar-refractivity contribution in [3.05, 3.63) is 32.8 Å². The molecular formula is C9H6BrClF2O. The van der Waals surface area contributed by atoms with Crippen LogP contribution in [0.15, 0.2) is 16.6 Å². The van der Waals surface area contributed by atoms with Gasteiger partial charge in [0.1, 0.15) is 0 Å². The highest BCUT2D eigenvalue weighted by Crippen LogP contribution is 2.33. The molecule has 0 N–H and O–H groups in total. The molecule has 14 heavy (non-hydrogen) atoms. The van der Waals surface area contributed by atoms with Gasteiger partial charge in [0.25, 0.3) is 6.43 Å². The number of carbonyl (C=O) groups is 1. The van der Waals surface area contributed by atoms with Crippen molar-refractivity contribution >= 4 is 33.3 Å². The molecule has 1 nitrogen and oxygen atoms in total. The van der Waals surface area contributed by atoms with Crippen LogP contribution in [0.4, 0.5) is 8.78 Å². The number of carbonyl (C=O) groups excluding carboxylic acids is 1. The van der Waals surface area contributed by atoms with Crippen LogP contribution in [0.5, 0.6) is 0 Å². The van der Waals surface area contributed by atoms with Gasteiger partial charge in [-0.05, 0) is 35.0 Å². The lowest BCUT2D eigenvalue weighted by Gasteiger charge is -2.07. The molecule has 0 unspecified atom stereocenters. The molecule has 0 radical (unpaired) electrons. The minimum Gasteiger partial charge on any atom is -0.294 e. The quantitative estimate of drug-likeness (QED) is 0.742. The molecule has 0 aliphatic carbocycles. The normalized spacial score (nSPS) is 10.7. The Balaban J connectivity index is 3.40. The number of halogens is 4. The van der Waals surface area contributed by atoms with Gasteiger partial charge in [-0.2, -0.15) is 0 Å². The van der Waals surface area contributed by atoms with Gasteiger partial charge in [-0.25, -0.2) is 8.78 Å². The second-order valence-corrected chi connectivity index (χ2v) is 3.94. The SMILES string of the molecule is CC(=O)c1cc(Cl)cc(C(F)F)c1Br. The van der Waals surface area contributed by atoms with Gasteiger partial charge in [0.15, 0.2) is 5.78 Å². The lowest BCUT2D eigenvalue weighted by molar-refractivity contribution is 0.101. The summed E-state index contributed by atoms with van der Waals surface area (Å²) < 4.78 is 25.0. The third-order valence-electron chi connectivity index (χ3n) is 1.68. The molecule has 0 spiro atoms. The molecule has 0 aliphatic rings. The van der Waals surface area contributed by atoms with Crippen LogP contribution in [0.2, 0.25) is 5.02 Å². The third-order valence-corrected chi connectivity index (χ3v) is 2.78. The Kier molecular flexibility index (Phi) is 3.61. The molecular weight excluding hydrogens is 277 g/mol. The fourth-order valence-corrected chi connectivity index (χ4v) is 1.93. The van der Waals surface area contributed by atoms with Gasteiger partial charge < -0.3 is 0 Å². The van der Waals surface area contributed by atoms with E-state index in [-0.39, 0.29) is 26.4 Å². The zero-order valence-corrected chi connectivity index (χ0v) is 9.49. The summed E-state index contributed by atoms with van der Waals surface area (Å²) in [5, 5.41) is 0.133. The maximum atomic E-state index is 12.5. The summed E-state index contributed by atoms with van der Waals surface area (Å²) in [6.45, 7) is 1.30. The molecule has 0 saturated heterocycles. The van der Waals surface area contributed by atoms with Crippen LogP contribution in [0, 0.1) is 0 Å². The molecule has 1 aromatic rings.